The van der Waals surface area contributed by atoms with Gasteiger partial charge in [0.2, 0.25) is 0 Å². The number of rotatable bonds is 3. The minimum Gasteiger partial charge on any atom is -0.271 e. The van der Waals surface area contributed by atoms with E-state index in [-0.39, 0.29) is 6.04 Å². The van der Waals surface area contributed by atoms with Gasteiger partial charge in [0.05, 0.1) is 0 Å². The number of hydrogen-bond donors (Lipinski definition) is 2. The van der Waals surface area contributed by atoms with Crippen molar-refractivity contribution >= 4 is 11.6 Å². The highest BCUT2D eigenvalue weighted by Crippen LogP contribution is 2.40. The van der Waals surface area contributed by atoms with Crippen molar-refractivity contribution in [3.63, 3.8) is 0 Å². The van der Waals surface area contributed by atoms with E-state index in [4.69, 9.17) is 17.4 Å². The van der Waals surface area contributed by atoms with Gasteiger partial charge in [0.1, 0.15) is 0 Å². The Morgan fingerprint density at radius 3 is 2.63 bits per heavy atom. The third kappa shape index (κ3) is 3.13. The summed E-state index contributed by atoms with van der Waals surface area (Å²) in [4.78, 5) is 0. The fraction of sp³-hybridized carbons (Fsp3) is 0.625. The molecule has 0 aliphatic heterocycles. The molecule has 0 amide bonds. The van der Waals surface area contributed by atoms with Crippen LogP contribution in [0.1, 0.15) is 50.3 Å². The Balaban J connectivity index is 2.22. The first kappa shape index (κ1) is 14.8. The molecule has 106 valence electrons. The lowest BCUT2D eigenvalue weighted by Crippen LogP contribution is -2.37. The molecule has 0 heterocycles. The molecule has 1 fully saturated rings. The van der Waals surface area contributed by atoms with Crippen molar-refractivity contribution in [2.75, 3.05) is 0 Å². The smallest absolute Gasteiger partial charge is 0.0491 e. The Bertz CT molecular complexity index is 433. The second-order valence-electron chi connectivity index (χ2n) is 6.13. The Hall–Kier alpha value is -0.570. The number of nitrogens with two attached hydrogens (primary N) is 1. The summed E-state index contributed by atoms with van der Waals surface area (Å²) in [5, 5.41) is 0.829. The SMILES string of the molecule is Cc1c(Cl)cccc1C(NN)C1CCC(C)C(C)C1. The second kappa shape index (κ2) is 6.25. The predicted molar refractivity (Wildman–Crippen MR) is 81.9 cm³/mol. The molecule has 0 aromatic heterocycles. The average molecular weight is 281 g/mol. The maximum Gasteiger partial charge on any atom is 0.0491 e. The Morgan fingerprint density at radius 1 is 1.26 bits per heavy atom. The summed E-state index contributed by atoms with van der Waals surface area (Å²) in [6.07, 6.45) is 3.78. The van der Waals surface area contributed by atoms with Crippen molar-refractivity contribution in [1.82, 2.24) is 5.43 Å². The molecule has 1 aromatic carbocycles. The zero-order valence-electron chi connectivity index (χ0n) is 12.1. The molecule has 1 saturated carbocycles. The highest BCUT2D eigenvalue weighted by atomic mass is 35.5. The lowest BCUT2D eigenvalue weighted by molar-refractivity contribution is 0.171. The molecule has 3 N–H and O–H groups in total. The molecule has 2 rings (SSSR count). The fourth-order valence-electron chi connectivity index (χ4n) is 3.33. The summed E-state index contributed by atoms with van der Waals surface area (Å²) >= 11 is 6.24. The van der Waals surface area contributed by atoms with Crippen molar-refractivity contribution in [3.8, 4) is 0 Å². The van der Waals surface area contributed by atoms with Crippen molar-refractivity contribution in [2.24, 2.45) is 23.6 Å². The summed E-state index contributed by atoms with van der Waals surface area (Å²) in [6, 6.07) is 6.33. The second-order valence-corrected chi connectivity index (χ2v) is 6.53. The quantitative estimate of drug-likeness (QED) is 0.642. The summed E-state index contributed by atoms with van der Waals surface area (Å²) in [6.45, 7) is 6.79. The minimum absolute atomic E-state index is 0.216. The number of hydrazine groups is 1. The first-order valence-corrected chi connectivity index (χ1v) is 7.63. The van der Waals surface area contributed by atoms with Crippen LogP contribution in [0, 0.1) is 24.7 Å². The molecule has 1 aliphatic carbocycles. The van der Waals surface area contributed by atoms with Crippen LogP contribution in [-0.2, 0) is 0 Å². The average Bonchev–Trinajstić information content (AvgIpc) is 2.39. The standard InChI is InChI=1S/C16H25ClN2/c1-10-7-8-13(9-11(10)2)16(19-18)14-5-4-6-15(17)12(14)3/h4-6,10-11,13,16,19H,7-9,18H2,1-3H3. The van der Waals surface area contributed by atoms with Crippen molar-refractivity contribution in [1.29, 1.82) is 0 Å². The van der Waals surface area contributed by atoms with Crippen molar-refractivity contribution < 1.29 is 0 Å². The van der Waals surface area contributed by atoms with Gasteiger partial charge in [-0.25, -0.2) is 0 Å². The van der Waals surface area contributed by atoms with Crippen molar-refractivity contribution in [2.45, 2.75) is 46.1 Å². The van der Waals surface area contributed by atoms with Crippen LogP contribution >= 0.6 is 11.6 Å². The van der Waals surface area contributed by atoms with E-state index in [0.29, 0.717) is 5.92 Å². The third-order valence-electron chi connectivity index (χ3n) is 4.93. The highest BCUT2D eigenvalue weighted by molar-refractivity contribution is 6.31. The van der Waals surface area contributed by atoms with Crippen molar-refractivity contribution in [3.05, 3.63) is 34.3 Å². The van der Waals surface area contributed by atoms with E-state index in [1.165, 1.54) is 24.8 Å². The molecule has 4 unspecified atom stereocenters. The van der Waals surface area contributed by atoms with Gasteiger partial charge in [-0.05, 0) is 54.7 Å². The Labute approximate surface area is 121 Å². The van der Waals surface area contributed by atoms with Gasteiger partial charge >= 0.3 is 0 Å². The fourth-order valence-corrected chi connectivity index (χ4v) is 3.51. The first-order chi connectivity index (χ1) is 9.04. The lowest BCUT2D eigenvalue weighted by atomic mass is 9.72. The zero-order chi connectivity index (χ0) is 14.0. The molecule has 0 saturated heterocycles. The van der Waals surface area contributed by atoms with Crippen LogP contribution in [-0.4, -0.2) is 0 Å². The van der Waals surface area contributed by atoms with Crippen LogP contribution < -0.4 is 11.3 Å². The van der Waals surface area contributed by atoms with Gasteiger partial charge in [0.15, 0.2) is 0 Å². The van der Waals surface area contributed by atoms with Gasteiger partial charge in [-0.1, -0.05) is 44.0 Å². The van der Waals surface area contributed by atoms with E-state index >= 15 is 0 Å². The zero-order valence-corrected chi connectivity index (χ0v) is 12.9. The highest BCUT2D eigenvalue weighted by Gasteiger charge is 2.31. The first-order valence-electron chi connectivity index (χ1n) is 7.25. The molecule has 2 nitrogen and oxygen atoms in total. The lowest BCUT2D eigenvalue weighted by Gasteiger charge is -2.37. The Morgan fingerprint density at radius 2 is 2.00 bits per heavy atom. The van der Waals surface area contributed by atoms with E-state index in [1.54, 1.807) is 0 Å². The van der Waals surface area contributed by atoms with Crippen LogP contribution in [0.4, 0.5) is 0 Å². The maximum absolute atomic E-state index is 6.24. The number of hydrogen-bond acceptors (Lipinski definition) is 2. The summed E-state index contributed by atoms with van der Waals surface area (Å²) in [5.41, 5.74) is 5.44. The molecule has 0 spiro atoms. The van der Waals surface area contributed by atoms with Gasteiger partial charge < -0.3 is 0 Å². The van der Waals surface area contributed by atoms with Crippen LogP contribution in [0.2, 0.25) is 5.02 Å². The largest absolute Gasteiger partial charge is 0.271 e. The summed E-state index contributed by atoms with van der Waals surface area (Å²) in [7, 11) is 0. The molecule has 19 heavy (non-hydrogen) atoms. The van der Waals surface area contributed by atoms with Gasteiger partial charge in [0, 0.05) is 11.1 Å². The molecular formula is C16H25ClN2. The van der Waals surface area contributed by atoms with E-state index in [9.17, 15) is 0 Å². The minimum atomic E-state index is 0.216. The molecule has 4 atom stereocenters. The van der Waals surface area contributed by atoms with Crippen LogP contribution in [0.3, 0.4) is 0 Å². The topological polar surface area (TPSA) is 38.0 Å². The third-order valence-corrected chi connectivity index (χ3v) is 5.34. The monoisotopic (exact) mass is 280 g/mol. The van der Waals surface area contributed by atoms with E-state index in [0.717, 1.165) is 22.4 Å². The maximum atomic E-state index is 6.24. The number of halogens is 1. The van der Waals surface area contributed by atoms with Gasteiger partial charge in [-0.15, -0.1) is 0 Å². The summed E-state index contributed by atoms with van der Waals surface area (Å²) < 4.78 is 0. The van der Waals surface area contributed by atoms with Gasteiger partial charge in [-0.2, -0.15) is 0 Å². The van der Waals surface area contributed by atoms with Gasteiger partial charge in [-0.3, -0.25) is 11.3 Å². The van der Waals surface area contributed by atoms with E-state index in [1.807, 2.05) is 12.1 Å². The normalized spacial score (nSPS) is 29.2. The summed E-state index contributed by atoms with van der Waals surface area (Å²) in [5.74, 6) is 8.05. The molecule has 1 aromatic rings. The van der Waals surface area contributed by atoms with Crippen LogP contribution in [0.25, 0.3) is 0 Å². The molecule has 3 heteroatoms. The number of benzene rings is 1. The van der Waals surface area contributed by atoms with E-state index in [2.05, 4.69) is 32.3 Å². The molecule has 0 radical (unpaired) electrons. The predicted octanol–water partition coefficient (Wildman–Crippen LogP) is 4.23. The Kier molecular flexibility index (Phi) is 4.88. The van der Waals surface area contributed by atoms with Crippen LogP contribution in [0.5, 0.6) is 0 Å². The van der Waals surface area contributed by atoms with Crippen LogP contribution in [0.15, 0.2) is 18.2 Å². The van der Waals surface area contributed by atoms with E-state index < -0.39 is 0 Å². The molecular weight excluding hydrogens is 256 g/mol. The molecule has 0 bridgehead atoms. The number of nitrogens with one attached hydrogen (secondary N) is 1. The molecule has 1 aliphatic rings. The van der Waals surface area contributed by atoms with Gasteiger partial charge in [0.25, 0.3) is 0 Å².